The molecule has 0 fully saturated rings. The molecule has 1 heterocycles. The molecule has 0 amide bonds. The molecule has 0 aliphatic heterocycles. The highest BCUT2D eigenvalue weighted by molar-refractivity contribution is 5.36. The van der Waals surface area contributed by atoms with E-state index in [1.54, 1.807) is 6.20 Å². The van der Waals surface area contributed by atoms with Crippen molar-refractivity contribution in [2.24, 2.45) is 0 Å². The maximum Gasteiger partial charge on any atom is 0.122 e. The van der Waals surface area contributed by atoms with Gasteiger partial charge in [0.05, 0.1) is 0 Å². The maximum atomic E-state index is 5.99. The highest BCUT2D eigenvalue weighted by Crippen LogP contribution is 2.20. The van der Waals surface area contributed by atoms with Gasteiger partial charge in [-0.1, -0.05) is 18.2 Å². The first-order valence-corrected chi connectivity index (χ1v) is 6.98. The van der Waals surface area contributed by atoms with Gasteiger partial charge in [0.25, 0.3) is 0 Å². The number of benzene rings is 1. The lowest BCUT2D eigenvalue weighted by Gasteiger charge is -2.17. The van der Waals surface area contributed by atoms with Crippen LogP contribution in [0.2, 0.25) is 0 Å². The first-order valence-electron chi connectivity index (χ1n) is 6.98. The van der Waals surface area contributed by atoms with Crippen molar-refractivity contribution in [3.8, 4) is 5.75 Å². The van der Waals surface area contributed by atoms with Gasteiger partial charge in [0.1, 0.15) is 11.9 Å². The van der Waals surface area contributed by atoms with Gasteiger partial charge in [-0.05, 0) is 49.6 Å². The fourth-order valence-electron chi connectivity index (χ4n) is 2.02. The zero-order chi connectivity index (χ0) is 14.4. The number of nitrogens with zero attached hydrogens (tertiary/aromatic N) is 1. The molecular weight excluding hydrogens is 248 g/mol. The van der Waals surface area contributed by atoms with E-state index in [0.717, 1.165) is 18.8 Å². The van der Waals surface area contributed by atoms with Gasteiger partial charge in [-0.15, -0.1) is 0 Å². The van der Waals surface area contributed by atoms with Crippen molar-refractivity contribution in [3.63, 3.8) is 0 Å². The average molecular weight is 270 g/mol. The molecule has 106 valence electrons. The summed E-state index contributed by atoms with van der Waals surface area (Å²) >= 11 is 0. The zero-order valence-corrected chi connectivity index (χ0v) is 12.4. The molecule has 0 saturated carbocycles. The maximum absolute atomic E-state index is 5.99. The molecule has 1 N–H and O–H groups in total. The third kappa shape index (κ3) is 4.35. The van der Waals surface area contributed by atoms with Gasteiger partial charge in [0.15, 0.2) is 0 Å². The van der Waals surface area contributed by atoms with Crippen molar-refractivity contribution < 1.29 is 4.74 Å². The van der Waals surface area contributed by atoms with Crippen LogP contribution < -0.4 is 10.1 Å². The van der Waals surface area contributed by atoms with E-state index in [-0.39, 0.29) is 6.10 Å². The Morgan fingerprint density at radius 2 is 2.10 bits per heavy atom. The number of ether oxygens (including phenoxy) is 1. The van der Waals surface area contributed by atoms with Crippen molar-refractivity contribution in [2.75, 3.05) is 6.54 Å². The first kappa shape index (κ1) is 14.5. The predicted octanol–water partition coefficient (Wildman–Crippen LogP) is 3.26. The van der Waals surface area contributed by atoms with Gasteiger partial charge < -0.3 is 10.1 Å². The Hall–Kier alpha value is -1.87. The lowest BCUT2D eigenvalue weighted by molar-refractivity contribution is 0.215. The smallest absolute Gasteiger partial charge is 0.122 e. The molecule has 2 aromatic rings. The Morgan fingerprint density at radius 1 is 1.25 bits per heavy atom. The second kappa shape index (κ2) is 7.06. The second-order valence-corrected chi connectivity index (χ2v) is 5.19. The van der Waals surface area contributed by atoms with Crippen molar-refractivity contribution in [1.82, 2.24) is 10.3 Å². The van der Waals surface area contributed by atoms with Crippen molar-refractivity contribution in [3.05, 3.63) is 59.4 Å². The van der Waals surface area contributed by atoms with Gasteiger partial charge in [-0.25, -0.2) is 0 Å². The fraction of sp³-hybridized carbons (Fsp3) is 0.353. The van der Waals surface area contributed by atoms with Crippen molar-refractivity contribution >= 4 is 0 Å². The molecule has 0 saturated heterocycles. The largest absolute Gasteiger partial charge is 0.489 e. The predicted molar refractivity (Wildman–Crippen MR) is 81.9 cm³/mol. The van der Waals surface area contributed by atoms with Gasteiger partial charge in [0.2, 0.25) is 0 Å². The molecule has 0 radical (unpaired) electrons. The number of hydrogen-bond donors (Lipinski definition) is 1. The molecule has 0 aliphatic rings. The lowest BCUT2D eigenvalue weighted by atomic mass is 10.1. The number of rotatable bonds is 6. The van der Waals surface area contributed by atoms with Gasteiger partial charge in [-0.2, -0.15) is 0 Å². The third-order valence-corrected chi connectivity index (χ3v) is 3.16. The summed E-state index contributed by atoms with van der Waals surface area (Å²) < 4.78 is 5.99. The molecule has 3 heteroatoms. The number of pyridine rings is 1. The first-order chi connectivity index (χ1) is 9.65. The highest BCUT2D eigenvalue weighted by atomic mass is 16.5. The molecule has 0 bridgehead atoms. The molecule has 1 atom stereocenters. The van der Waals surface area contributed by atoms with Crippen LogP contribution in [0, 0.1) is 13.8 Å². The Balaban J connectivity index is 1.80. The topological polar surface area (TPSA) is 34.1 Å². The summed E-state index contributed by atoms with van der Waals surface area (Å²) in [6.07, 6.45) is 3.80. The van der Waals surface area contributed by atoms with Crippen LogP contribution in [0.3, 0.4) is 0 Å². The summed E-state index contributed by atoms with van der Waals surface area (Å²) in [7, 11) is 0. The third-order valence-electron chi connectivity index (χ3n) is 3.16. The summed E-state index contributed by atoms with van der Waals surface area (Å²) in [4.78, 5) is 4.10. The van der Waals surface area contributed by atoms with E-state index in [9.17, 15) is 0 Å². The molecule has 0 spiro atoms. The van der Waals surface area contributed by atoms with Crippen molar-refractivity contribution in [1.29, 1.82) is 0 Å². The Labute approximate surface area is 121 Å². The molecule has 20 heavy (non-hydrogen) atoms. The van der Waals surface area contributed by atoms with E-state index in [0.29, 0.717) is 0 Å². The van der Waals surface area contributed by atoms with Crippen LogP contribution in [0.15, 0.2) is 42.7 Å². The quantitative estimate of drug-likeness (QED) is 0.875. The minimum atomic E-state index is 0.132. The van der Waals surface area contributed by atoms with Crippen LogP contribution >= 0.6 is 0 Å². The summed E-state index contributed by atoms with van der Waals surface area (Å²) in [5.74, 6) is 0.973. The van der Waals surface area contributed by atoms with E-state index in [1.807, 2.05) is 12.3 Å². The summed E-state index contributed by atoms with van der Waals surface area (Å²) in [6.45, 7) is 7.86. The minimum absolute atomic E-state index is 0.132. The Kier molecular flexibility index (Phi) is 5.13. The lowest BCUT2D eigenvalue weighted by Crippen LogP contribution is -2.28. The molecule has 1 unspecified atom stereocenters. The van der Waals surface area contributed by atoms with Crippen molar-refractivity contribution in [2.45, 2.75) is 33.4 Å². The van der Waals surface area contributed by atoms with Crippen LogP contribution in [0.25, 0.3) is 0 Å². The van der Waals surface area contributed by atoms with E-state index in [1.165, 1.54) is 16.7 Å². The molecule has 3 nitrogen and oxygen atoms in total. The second-order valence-electron chi connectivity index (χ2n) is 5.19. The van der Waals surface area contributed by atoms with Gasteiger partial charge in [-0.3, -0.25) is 4.98 Å². The normalized spacial score (nSPS) is 12.2. The van der Waals surface area contributed by atoms with Gasteiger partial charge >= 0.3 is 0 Å². The number of nitrogens with one attached hydrogen (secondary N) is 1. The molecule has 1 aromatic heterocycles. The van der Waals surface area contributed by atoms with E-state index < -0.39 is 0 Å². The molecule has 2 rings (SSSR count). The number of hydrogen-bond acceptors (Lipinski definition) is 3. The summed E-state index contributed by atoms with van der Waals surface area (Å²) in [5, 5.41) is 3.39. The molecule has 0 aliphatic carbocycles. The standard InChI is InChI=1S/C17H22N2O/c1-13-6-7-14(2)17(9-13)20-15(3)10-19-12-16-5-4-8-18-11-16/h4-9,11,15,19H,10,12H2,1-3H3. The van der Waals surface area contributed by atoms with Crippen LogP contribution in [0.5, 0.6) is 5.75 Å². The van der Waals surface area contributed by atoms with Crippen LogP contribution in [0.4, 0.5) is 0 Å². The van der Waals surface area contributed by atoms with Crippen LogP contribution in [0.1, 0.15) is 23.6 Å². The number of aromatic nitrogens is 1. The van der Waals surface area contributed by atoms with Gasteiger partial charge in [0, 0.05) is 25.5 Å². The minimum Gasteiger partial charge on any atom is -0.489 e. The molecule has 1 aromatic carbocycles. The monoisotopic (exact) mass is 270 g/mol. The average Bonchev–Trinajstić information content (AvgIpc) is 2.44. The van der Waals surface area contributed by atoms with Crippen LogP contribution in [-0.2, 0) is 6.54 Å². The van der Waals surface area contributed by atoms with E-state index in [4.69, 9.17) is 4.74 Å². The van der Waals surface area contributed by atoms with E-state index in [2.05, 4.69) is 55.3 Å². The highest BCUT2D eigenvalue weighted by Gasteiger charge is 2.06. The summed E-state index contributed by atoms with van der Waals surface area (Å²) in [5.41, 5.74) is 3.59. The van der Waals surface area contributed by atoms with Crippen LogP contribution in [-0.4, -0.2) is 17.6 Å². The fourth-order valence-corrected chi connectivity index (χ4v) is 2.02. The number of aryl methyl sites for hydroxylation is 2. The molecular formula is C17H22N2O. The SMILES string of the molecule is Cc1ccc(C)c(OC(C)CNCc2cccnc2)c1. The Bertz CT molecular complexity index is 540. The Morgan fingerprint density at radius 3 is 2.85 bits per heavy atom. The van der Waals surface area contributed by atoms with E-state index >= 15 is 0 Å². The zero-order valence-electron chi connectivity index (χ0n) is 12.4. The summed E-state index contributed by atoms with van der Waals surface area (Å²) in [6, 6.07) is 10.3.